The van der Waals surface area contributed by atoms with E-state index in [0.29, 0.717) is 37.7 Å². The minimum absolute atomic E-state index is 0.159. The zero-order valence-electron chi connectivity index (χ0n) is 12.2. The molecule has 0 aliphatic carbocycles. The Morgan fingerprint density at radius 1 is 1.18 bits per heavy atom. The fourth-order valence-electron chi connectivity index (χ4n) is 2.91. The smallest absolute Gasteiger partial charge is 0.417 e. The van der Waals surface area contributed by atoms with Crippen molar-refractivity contribution < 1.29 is 27.8 Å². The van der Waals surface area contributed by atoms with Gasteiger partial charge in [-0.3, -0.25) is 0 Å². The van der Waals surface area contributed by atoms with Gasteiger partial charge in [-0.05, 0) is 25.5 Å². The number of aliphatic hydroxyl groups is 1. The summed E-state index contributed by atoms with van der Waals surface area (Å²) >= 11 is 0. The number of halogens is 3. The quantitative estimate of drug-likeness (QED) is 0.910. The molecule has 4 nitrogen and oxygen atoms in total. The Hall–Kier alpha value is -1.63. The molecular formula is C15H18F3NO3. The summed E-state index contributed by atoms with van der Waals surface area (Å²) in [5.74, 6) is 0.406. The van der Waals surface area contributed by atoms with Crippen LogP contribution in [0, 0.1) is 5.92 Å². The maximum atomic E-state index is 12.9. The van der Waals surface area contributed by atoms with Crippen LogP contribution in [0.25, 0.3) is 0 Å². The number of anilines is 1. The zero-order valence-corrected chi connectivity index (χ0v) is 12.2. The van der Waals surface area contributed by atoms with Crippen molar-refractivity contribution in [3.05, 3.63) is 18.2 Å². The van der Waals surface area contributed by atoms with Gasteiger partial charge < -0.3 is 19.5 Å². The molecule has 0 bridgehead atoms. The predicted molar refractivity (Wildman–Crippen MR) is 74.4 cm³/mol. The predicted octanol–water partition coefficient (Wildman–Crippen LogP) is 2.60. The van der Waals surface area contributed by atoms with Crippen molar-refractivity contribution in [3.63, 3.8) is 0 Å². The van der Waals surface area contributed by atoms with Crippen LogP contribution in [0.5, 0.6) is 11.5 Å². The third-order valence-corrected chi connectivity index (χ3v) is 4.45. The van der Waals surface area contributed by atoms with Gasteiger partial charge in [0, 0.05) is 30.8 Å². The summed E-state index contributed by atoms with van der Waals surface area (Å²) in [6.45, 7) is 2.43. The van der Waals surface area contributed by atoms with Crippen LogP contribution in [0.2, 0.25) is 0 Å². The molecule has 1 N–H and O–H groups in total. The SMILES string of the molecule is CC(O)(C1CCN(c2ccc3c(c2)OCCO3)C1)C(F)(F)F. The molecule has 1 aromatic carbocycles. The largest absolute Gasteiger partial charge is 0.486 e. The summed E-state index contributed by atoms with van der Waals surface area (Å²) in [7, 11) is 0. The minimum atomic E-state index is -4.62. The molecule has 2 heterocycles. The Morgan fingerprint density at radius 2 is 1.86 bits per heavy atom. The number of rotatable bonds is 2. The summed E-state index contributed by atoms with van der Waals surface area (Å²) in [6, 6.07) is 5.34. The van der Waals surface area contributed by atoms with Crippen LogP contribution < -0.4 is 14.4 Å². The highest BCUT2D eigenvalue weighted by atomic mass is 19.4. The molecule has 0 radical (unpaired) electrons. The van der Waals surface area contributed by atoms with E-state index in [1.165, 1.54) is 0 Å². The zero-order chi connectivity index (χ0) is 16.0. The molecule has 2 unspecified atom stereocenters. The van der Waals surface area contributed by atoms with E-state index in [2.05, 4.69) is 0 Å². The van der Waals surface area contributed by atoms with Gasteiger partial charge in [0.15, 0.2) is 17.1 Å². The van der Waals surface area contributed by atoms with Gasteiger partial charge in [0.2, 0.25) is 0 Å². The van der Waals surface area contributed by atoms with Crippen molar-refractivity contribution in [2.45, 2.75) is 25.1 Å². The average molecular weight is 317 g/mol. The Labute approximate surface area is 126 Å². The van der Waals surface area contributed by atoms with Gasteiger partial charge in [-0.15, -0.1) is 0 Å². The minimum Gasteiger partial charge on any atom is -0.486 e. The molecule has 0 aromatic heterocycles. The van der Waals surface area contributed by atoms with Crippen LogP contribution in [0.4, 0.5) is 18.9 Å². The lowest BCUT2D eigenvalue weighted by Gasteiger charge is -2.32. The first kappa shape index (κ1) is 15.3. The van der Waals surface area contributed by atoms with E-state index in [0.717, 1.165) is 12.6 Å². The highest BCUT2D eigenvalue weighted by molar-refractivity contribution is 5.57. The first-order valence-corrected chi connectivity index (χ1v) is 7.23. The Kier molecular flexibility index (Phi) is 3.63. The van der Waals surface area contributed by atoms with E-state index >= 15 is 0 Å². The number of fused-ring (bicyclic) bond motifs is 1. The van der Waals surface area contributed by atoms with Gasteiger partial charge in [-0.1, -0.05) is 0 Å². The molecule has 2 aliphatic heterocycles. The van der Waals surface area contributed by atoms with E-state index in [9.17, 15) is 18.3 Å². The molecule has 1 fully saturated rings. The van der Waals surface area contributed by atoms with Crippen molar-refractivity contribution in [2.24, 2.45) is 5.92 Å². The monoisotopic (exact) mass is 317 g/mol. The van der Waals surface area contributed by atoms with E-state index in [1.54, 1.807) is 18.2 Å². The summed E-state index contributed by atoms with van der Waals surface area (Å²) in [4.78, 5) is 1.84. The van der Waals surface area contributed by atoms with Crippen molar-refractivity contribution in [3.8, 4) is 11.5 Å². The second kappa shape index (κ2) is 5.22. The Bertz CT molecular complexity index is 559. The summed E-state index contributed by atoms with van der Waals surface area (Å²) in [5, 5.41) is 9.81. The topological polar surface area (TPSA) is 41.9 Å². The van der Waals surface area contributed by atoms with Crippen molar-refractivity contribution in [2.75, 3.05) is 31.2 Å². The third kappa shape index (κ3) is 2.58. The first-order valence-electron chi connectivity index (χ1n) is 7.23. The maximum Gasteiger partial charge on any atom is 0.417 e. The second-order valence-electron chi connectivity index (χ2n) is 5.90. The maximum absolute atomic E-state index is 12.9. The molecule has 7 heteroatoms. The van der Waals surface area contributed by atoms with E-state index < -0.39 is 17.7 Å². The lowest BCUT2D eigenvalue weighted by Crippen LogP contribution is -2.49. The van der Waals surface area contributed by atoms with Gasteiger partial charge in [0.1, 0.15) is 13.2 Å². The van der Waals surface area contributed by atoms with Crippen LogP contribution in [0.15, 0.2) is 18.2 Å². The van der Waals surface area contributed by atoms with Crippen molar-refractivity contribution >= 4 is 5.69 Å². The fourth-order valence-corrected chi connectivity index (χ4v) is 2.91. The molecule has 2 atom stereocenters. The second-order valence-corrected chi connectivity index (χ2v) is 5.90. The van der Waals surface area contributed by atoms with Gasteiger partial charge in [0.05, 0.1) is 0 Å². The standard InChI is InChI=1S/C15H18F3NO3/c1-14(20,15(16,17)18)10-4-5-19(9-10)11-2-3-12-13(8-11)22-7-6-21-12/h2-3,8,10,20H,4-7,9H2,1H3. The van der Waals surface area contributed by atoms with Gasteiger partial charge in [0.25, 0.3) is 0 Å². The van der Waals surface area contributed by atoms with Gasteiger partial charge >= 0.3 is 6.18 Å². The number of hydrogen-bond acceptors (Lipinski definition) is 4. The number of benzene rings is 1. The van der Waals surface area contributed by atoms with Gasteiger partial charge in [-0.25, -0.2) is 0 Å². The Balaban J connectivity index is 1.76. The summed E-state index contributed by atoms with van der Waals surface area (Å²) in [5.41, 5.74) is -1.89. The molecule has 1 saturated heterocycles. The lowest BCUT2D eigenvalue weighted by atomic mass is 9.88. The third-order valence-electron chi connectivity index (χ3n) is 4.45. The van der Waals surface area contributed by atoms with E-state index in [4.69, 9.17) is 9.47 Å². The molecule has 22 heavy (non-hydrogen) atoms. The van der Waals surface area contributed by atoms with E-state index in [-0.39, 0.29) is 6.54 Å². The number of alkyl halides is 3. The normalized spacial score (nSPS) is 24.2. The van der Waals surface area contributed by atoms with Crippen LogP contribution in [0.1, 0.15) is 13.3 Å². The number of hydrogen-bond donors (Lipinski definition) is 1. The molecule has 1 aromatic rings. The molecular weight excluding hydrogens is 299 g/mol. The molecule has 0 amide bonds. The van der Waals surface area contributed by atoms with Crippen LogP contribution >= 0.6 is 0 Å². The lowest BCUT2D eigenvalue weighted by molar-refractivity contribution is -0.269. The fraction of sp³-hybridized carbons (Fsp3) is 0.600. The average Bonchev–Trinajstić information content (AvgIpc) is 2.96. The van der Waals surface area contributed by atoms with Crippen molar-refractivity contribution in [1.29, 1.82) is 0 Å². The van der Waals surface area contributed by atoms with Gasteiger partial charge in [-0.2, -0.15) is 13.2 Å². The van der Waals surface area contributed by atoms with Crippen LogP contribution in [-0.2, 0) is 0 Å². The van der Waals surface area contributed by atoms with E-state index in [1.807, 2.05) is 4.90 Å². The summed E-state index contributed by atoms with van der Waals surface area (Å²) in [6.07, 6.45) is -4.33. The number of nitrogens with zero attached hydrogens (tertiary/aromatic N) is 1. The molecule has 0 saturated carbocycles. The molecule has 3 rings (SSSR count). The van der Waals surface area contributed by atoms with Crippen molar-refractivity contribution in [1.82, 2.24) is 0 Å². The highest BCUT2D eigenvalue weighted by Gasteiger charge is 2.56. The van der Waals surface area contributed by atoms with Crippen LogP contribution in [0.3, 0.4) is 0 Å². The van der Waals surface area contributed by atoms with Crippen LogP contribution in [-0.4, -0.2) is 43.2 Å². The summed E-state index contributed by atoms with van der Waals surface area (Å²) < 4.78 is 49.7. The molecule has 2 aliphatic rings. The first-order chi connectivity index (χ1) is 10.3. The molecule has 0 spiro atoms. The highest BCUT2D eigenvalue weighted by Crippen LogP contribution is 2.42. The molecule has 122 valence electrons. The Morgan fingerprint density at radius 3 is 2.55 bits per heavy atom. The number of ether oxygens (including phenoxy) is 2.